The average Bonchev–Trinajstić information content (AvgIpc) is 2.92. The maximum Gasteiger partial charge on any atom is 0.299 e. The van der Waals surface area contributed by atoms with Crippen molar-refractivity contribution in [3.63, 3.8) is 0 Å². The highest BCUT2D eigenvalue weighted by atomic mass is 35.5. The molecule has 3 aromatic rings. The predicted octanol–water partition coefficient (Wildman–Crippen LogP) is 1.95. The number of anilines is 1. The summed E-state index contributed by atoms with van der Waals surface area (Å²) in [6.45, 7) is 1.74. The number of hydrogen-bond donors (Lipinski definition) is 1. The Hall–Kier alpha value is -2.04. The maximum atomic E-state index is 12.4. The lowest BCUT2D eigenvalue weighted by Gasteiger charge is -2.05. The highest BCUT2D eigenvalue weighted by Crippen LogP contribution is 2.23. The SMILES string of the molecule is Cc1nc2nc(S(=O)(=O)Nc3ccccc3Cl)nn2c(=S)n1C. The topological polar surface area (TPSA) is 94.2 Å². The van der Waals surface area contributed by atoms with Crippen LogP contribution in [0, 0.1) is 11.7 Å². The van der Waals surface area contributed by atoms with Gasteiger partial charge in [0.1, 0.15) is 5.82 Å². The lowest BCUT2D eigenvalue weighted by Crippen LogP contribution is -2.15. The summed E-state index contributed by atoms with van der Waals surface area (Å²) >= 11 is 11.2. The fourth-order valence-electron chi connectivity index (χ4n) is 1.83. The van der Waals surface area contributed by atoms with Gasteiger partial charge in [-0.25, -0.2) is 0 Å². The van der Waals surface area contributed by atoms with E-state index >= 15 is 0 Å². The molecule has 0 aliphatic carbocycles. The molecule has 11 heteroatoms. The zero-order valence-corrected chi connectivity index (χ0v) is 14.4. The van der Waals surface area contributed by atoms with Gasteiger partial charge in [0.2, 0.25) is 4.77 Å². The summed E-state index contributed by atoms with van der Waals surface area (Å²) in [6, 6.07) is 6.46. The van der Waals surface area contributed by atoms with Crippen LogP contribution >= 0.6 is 23.8 Å². The zero-order chi connectivity index (χ0) is 16.8. The molecule has 8 nitrogen and oxygen atoms in total. The average molecular weight is 371 g/mol. The van der Waals surface area contributed by atoms with Crippen LogP contribution in [0.4, 0.5) is 5.69 Å². The Morgan fingerprint density at radius 2 is 1.96 bits per heavy atom. The molecular formula is C12H11ClN6O2S2. The van der Waals surface area contributed by atoms with E-state index in [1.807, 2.05) is 0 Å². The van der Waals surface area contributed by atoms with Gasteiger partial charge in [0.25, 0.3) is 21.0 Å². The van der Waals surface area contributed by atoms with Crippen LogP contribution in [0.25, 0.3) is 5.78 Å². The number of fused-ring (bicyclic) bond motifs is 1. The first-order valence-electron chi connectivity index (χ1n) is 6.37. The largest absolute Gasteiger partial charge is 0.308 e. The monoisotopic (exact) mass is 370 g/mol. The van der Waals surface area contributed by atoms with E-state index in [1.54, 1.807) is 36.7 Å². The van der Waals surface area contributed by atoms with Crippen molar-refractivity contribution in [1.82, 2.24) is 24.1 Å². The number of halogens is 1. The molecule has 0 atom stereocenters. The van der Waals surface area contributed by atoms with Crippen molar-refractivity contribution in [2.24, 2.45) is 7.05 Å². The van der Waals surface area contributed by atoms with Crippen molar-refractivity contribution in [2.45, 2.75) is 12.1 Å². The highest BCUT2D eigenvalue weighted by molar-refractivity contribution is 7.92. The third-order valence-electron chi connectivity index (χ3n) is 3.14. The van der Waals surface area contributed by atoms with Gasteiger partial charge in [-0.15, -0.1) is 5.10 Å². The van der Waals surface area contributed by atoms with E-state index in [4.69, 9.17) is 23.8 Å². The molecule has 0 fully saturated rings. The molecule has 0 spiro atoms. The zero-order valence-electron chi connectivity index (χ0n) is 12.1. The fourth-order valence-corrected chi connectivity index (χ4v) is 3.28. The van der Waals surface area contributed by atoms with Crippen LogP contribution < -0.4 is 4.72 Å². The van der Waals surface area contributed by atoms with Crippen LogP contribution in [0.3, 0.4) is 0 Å². The summed E-state index contributed by atoms with van der Waals surface area (Å²) in [4.78, 5) is 8.10. The molecule has 2 heterocycles. The maximum absolute atomic E-state index is 12.4. The Balaban J connectivity index is 2.11. The number of sulfonamides is 1. The van der Waals surface area contributed by atoms with Crippen LogP contribution in [-0.2, 0) is 17.1 Å². The Bertz CT molecular complexity index is 1070. The van der Waals surface area contributed by atoms with Gasteiger partial charge in [-0.3, -0.25) is 4.72 Å². The van der Waals surface area contributed by atoms with Crippen molar-refractivity contribution in [2.75, 3.05) is 4.72 Å². The minimum Gasteiger partial charge on any atom is -0.308 e. The Morgan fingerprint density at radius 1 is 1.26 bits per heavy atom. The van der Waals surface area contributed by atoms with E-state index in [-0.39, 0.29) is 16.5 Å². The minimum absolute atomic E-state index is 0.116. The number of hydrogen-bond acceptors (Lipinski definition) is 6. The van der Waals surface area contributed by atoms with E-state index in [9.17, 15) is 8.42 Å². The van der Waals surface area contributed by atoms with Gasteiger partial charge in [0, 0.05) is 7.05 Å². The second kappa shape index (κ2) is 5.55. The van der Waals surface area contributed by atoms with E-state index in [1.165, 1.54) is 10.6 Å². The molecule has 1 N–H and O–H groups in total. The first kappa shape index (κ1) is 15.8. The summed E-state index contributed by atoms with van der Waals surface area (Å²) in [5.74, 6) is 0.711. The van der Waals surface area contributed by atoms with Gasteiger partial charge in [0.15, 0.2) is 0 Å². The molecule has 3 rings (SSSR count). The number of benzene rings is 1. The molecule has 1 aromatic carbocycles. The number of aromatic nitrogens is 5. The van der Waals surface area contributed by atoms with Gasteiger partial charge < -0.3 is 4.57 Å². The fraction of sp³-hybridized carbons (Fsp3) is 0.167. The van der Waals surface area contributed by atoms with Crippen molar-refractivity contribution < 1.29 is 8.42 Å². The molecule has 23 heavy (non-hydrogen) atoms. The van der Waals surface area contributed by atoms with Gasteiger partial charge in [-0.05, 0) is 31.3 Å². The van der Waals surface area contributed by atoms with Crippen LogP contribution in [0.15, 0.2) is 29.4 Å². The molecule has 120 valence electrons. The summed E-state index contributed by atoms with van der Waals surface area (Å²) in [6.07, 6.45) is 0. The standard InChI is InChI=1S/C12H11ClN6O2S2/c1-7-14-10-15-11(16-19(10)12(22)18(7)2)23(20,21)17-9-6-4-3-5-8(9)13/h3-6,17H,1-2H3. The number of rotatable bonds is 3. The Labute approximate surface area is 141 Å². The van der Waals surface area contributed by atoms with Gasteiger partial charge in [0.05, 0.1) is 10.7 Å². The minimum atomic E-state index is -4.01. The van der Waals surface area contributed by atoms with Crippen molar-refractivity contribution >= 4 is 45.3 Å². The van der Waals surface area contributed by atoms with Crippen LogP contribution in [0.2, 0.25) is 5.02 Å². The van der Waals surface area contributed by atoms with Gasteiger partial charge in [-0.1, -0.05) is 23.7 Å². The smallest absolute Gasteiger partial charge is 0.299 e. The Morgan fingerprint density at radius 3 is 2.65 bits per heavy atom. The number of aryl methyl sites for hydroxylation is 1. The van der Waals surface area contributed by atoms with E-state index in [0.29, 0.717) is 10.6 Å². The molecular weight excluding hydrogens is 360 g/mol. The van der Waals surface area contributed by atoms with Crippen molar-refractivity contribution in [3.05, 3.63) is 39.9 Å². The second-order valence-electron chi connectivity index (χ2n) is 4.69. The summed E-state index contributed by atoms with van der Waals surface area (Å²) in [5, 5.41) is 3.77. The quantitative estimate of drug-likeness (QED) is 0.708. The number of para-hydroxylation sites is 1. The van der Waals surface area contributed by atoms with E-state index in [0.717, 1.165) is 0 Å². The molecule has 0 amide bonds. The van der Waals surface area contributed by atoms with Crippen molar-refractivity contribution in [1.29, 1.82) is 0 Å². The van der Waals surface area contributed by atoms with Gasteiger partial charge >= 0.3 is 0 Å². The predicted molar refractivity (Wildman–Crippen MR) is 87.6 cm³/mol. The molecule has 2 aromatic heterocycles. The van der Waals surface area contributed by atoms with Crippen LogP contribution in [-0.4, -0.2) is 32.6 Å². The molecule has 0 saturated heterocycles. The second-order valence-corrected chi connectivity index (χ2v) is 7.04. The first-order chi connectivity index (χ1) is 10.8. The molecule has 0 saturated carbocycles. The summed E-state index contributed by atoms with van der Waals surface area (Å²) in [5.41, 5.74) is 0.237. The summed E-state index contributed by atoms with van der Waals surface area (Å²) < 4.78 is 30.3. The molecule has 0 bridgehead atoms. The van der Waals surface area contributed by atoms with E-state index in [2.05, 4.69) is 19.8 Å². The lowest BCUT2D eigenvalue weighted by molar-refractivity contribution is 0.591. The number of nitrogens with one attached hydrogen (secondary N) is 1. The Kier molecular flexibility index (Phi) is 3.82. The highest BCUT2D eigenvalue weighted by Gasteiger charge is 2.23. The molecule has 0 radical (unpaired) electrons. The van der Waals surface area contributed by atoms with Crippen LogP contribution in [0.5, 0.6) is 0 Å². The summed E-state index contributed by atoms with van der Waals surface area (Å²) in [7, 11) is -2.30. The van der Waals surface area contributed by atoms with Gasteiger partial charge in [-0.2, -0.15) is 22.9 Å². The van der Waals surface area contributed by atoms with E-state index < -0.39 is 15.2 Å². The first-order valence-corrected chi connectivity index (χ1v) is 8.64. The van der Waals surface area contributed by atoms with Crippen molar-refractivity contribution in [3.8, 4) is 0 Å². The lowest BCUT2D eigenvalue weighted by atomic mass is 10.3. The molecule has 0 aliphatic heterocycles. The third kappa shape index (κ3) is 2.80. The third-order valence-corrected chi connectivity index (χ3v) is 5.06. The number of nitrogens with zero attached hydrogens (tertiary/aromatic N) is 5. The normalized spacial score (nSPS) is 11.8. The van der Waals surface area contributed by atoms with Crippen LogP contribution in [0.1, 0.15) is 5.82 Å². The molecule has 0 aliphatic rings. The molecule has 0 unspecified atom stereocenters.